The van der Waals surface area contributed by atoms with Crippen molar-refractivity contribution in [2.75, 3.05) is 25.5 Å². The number of hydrogen-bond acceptors (Lipinski definition) is 6. The molecule has 1 aliphatic heterocycles. The second kappa shape index (κ2) is 10.2. The van der Waals surface area contributed by atoms with Crippen LogP contribution in [-0.2, 0) is 17.8 Å². The topological polar surface area (TPSA) is 78.3 Å². The Morgan fingerprint density at radius 1 is 1.13 bits per heavy atom. The van der Waals surface area contributed by atoms with E-state index in [4.69, 9.17) is 9.47 Å². The normalized spacial score (nSPS) is 12.4. The van der Waals surface area contributed by atoms with E-state index >= 15 is 0 Å². The first-order valence-corrected chi connectivity index (χ1v) is 11.1. The summed E-state index contributed by atoms with van der Waals surface area (Å²) < 4.78 is 13.1. The third kappa shape index (κ3) is 5.27. The van der Waals surface area contributed by atoms with Crippen LogP contribution < -0.4 is 14.8 Å². The van der Waals surface area contributed by atoms with Crippen molar-refractivity contribution in [2.24, 2.45) is 0 Å². The van der Waals surface area contributed by atoms with Crippen molar-refractivity contribution in [3.8, 4) is 22.9 Å². The summed E-state index contributed by atoms with van der Waals surface area (Å²) in [6.07, 6.45) is 2.52. The number of fused-ring (bicyclic) bond motifs is 1. The van der Waals surface area contributed by atoms with Crippen LogP contribution in [0.25, 0.3) is 11.4 Å². The lowest BCUT2D eigenvalue weighted by atomic mass is 10.1. The molecule has 0 unspecified atom stereocenters. The molecular weight excluding hydrogens is 412 g/mol. The van der Waals surface area contributed by atoms with Crippen molar-refractivity contribution in [3.05, 3.63) is 66.7 Å². The van der Waals surface area contributed by atoms with Gasteiger partial charge in [-0.3, -0.25) is 9.36 Å². The molecule has 0 saturated carbocycles. The molecule has 0 aliphatic carbocycles. The van der Waals surface area contributed by atoms with Crippen LogP contribution in [0.2, 0.25) is 0 Å². The molecule has 3 aromatic rings. The molecule has 0 fully saturated rings. The van der Waals surface area contributed by atoms with E-state index in [1.54, 1.807) is 6.08 Å². The lowest BCUT2D eigenvalue weighted by molar-refractivity contribution is -0.118. The van der Waals surface area contributed by atoms with Gasteiger partial charge in [0.15, 0.2) is 22.5 Å². The Balaban J connectivity index is 1.30. The zero-order chi connectivity index (χ0) is 21.5. The van der Waals surface area contributed by atoms with Gasteiger partial charge in [-0.15, -0.1) is 16.8 Å². The Hall–Kier alpha value is -3.26. The van der Waals surface area contributed by atoms with Crippen molar-refractivity contribution in [2.45, 2.75) is 18.1 Å². The molecule has 0 bridgehead atoms. The predicted octanol–water partition coefficient (Wildman–Crippen LogP) is 3.35. The summed E-state index contributed by atoms with van der Waals surface area (Å²) in [5, 5.41) is 12.2. The van der Waals surface area contributed by atoms with Gasteiger partial charge < -0.3 is 14.8 Å². The largest absolute Gasteiger partial charge is 0.486 e. The minimum absolute atomic E-state index is 0.0445. The Bertz CT molecular complexity index is 1050. The maximum atomic E-state index is 12.3. The van der Waals surface area contributed by atoms with Gasteiger partial charge in [0.05, 0.1) is 5.75 Å². The van der Waals surface area contributed by atoms with Gasteiger partial charge in [-0.25, -0.2) is 0 Å². The van der Waals surface area contributed by atoms with E-state index < -0.39 is 0 Å². The maximum Gasteiger partial charge on any atom is 0.230 e. The van der Waals surface area contributed by atoms with Gasteiger partial charge in [0.25, 0.3) is 0 Å². The highest BCUT2D eigenvalue weighted by molar-refractivity contribution is 7.99. The van der Waals surface area contributed by atoms with E-state index in [0.717, 1.165) is 34.9 Å². The van der Waals surface area contributed by atoms with Crippen LogP contribution in [0, 0.1) is 0 Å². The summed E-state index contributed by atoms with van der Waals surface area (Å²) in [6.45, 7) is 6.08. The molecule has 7 nitrogen and oxygen atoms in total. The number of carbonyl (C=O) groups excluding carboxylic acids is 1. The Kier molecular flexibility index (Phi) is 6.89. The lowest BCUT2D eigenvalue weighted by Gasteiger charge is -2.18. The molecule has 1 N–H and O–H groups in total. The average molecular weight is 437 g/mol. The fourth-order valence-electron chi connectivity index (χ4n) is 3.26. The van der Waals surface area contributed by atoms with Crippen LogP contribution in [-0.4, -0.2) is 46.2 Å². The summed E-state index contributed by atoms with van der Waals surface area (Å²) in [7, 11) is 0. The van der Waals surface area contributed by atoms with Gasteiger partial charge in [-0.2, -0.15) is 0 Å². The van der Waals surface area contributed by atoms with E-state index in [0.29, 0.717) is 31.5 Å². The molecule has 0 radical (unpaired) electrons. The molecule has 2 aromatic carbocycles. The summed E-state index contributed by atoms with van der Waals surface area (Å²) in [5.74, 6) is 2.53. The highest BCUT2D eigenvalue weighted by Crippen LogP contribution is 2.30. The fraction of sp³-hybridized carbons (Fsp3) is 0.261. The van der Waals surface area contributed by atoms with E-state index in [1.165, 1.54) is 11.8 Å². The maximum absolute atomic E-state index is 12.3. The number of carbonyl (C=O) groups is 1. The first-order valence-electron chi connectivity index (χ1n) is 10.1. The second-order valence-electron chi connectivity index (χ2n) is 6.94. The summed E-state index contributed by atoms with van der Waals surface area (Å²) >= 11 is 1.37. The van der Waals surface area contributed by atoms with Gasteiger partial charge in [0, 0.05) is 18.7 Å². The van der Waals surface area contributed by atoms with Crippen LogP contribution >= 0.6 is 11.8 Å². The van der Waals surface area contributed by atoms with Crippen molar-refractivity contribution in [3.63, 3.8) is 0 Å². The minimum Gasteiger partial charge on any atom is -0.486 e. The van der Waals surface area contributed by atoms with Gasteiger partial charge in [0.2, 0.25) is 5.91 Å². The Morgan fingerprint density at radius 2 is 1.94 bits per heavy atom. The van der Waals surface area contributed by atoms with Gasteiger partial charge >= 0.3 is 0 Å². The van der Waals surface area contributed by atoms with Crippen LogP contribution in [0.1, 0.15) is 5.56 Å². The molecule has 1 amide bonds. The number of allylic oxidation sites excluding steroid dienone is 1. The lowest BCUT2D eigenvalue weighted by Crippen LogP contribution is -2.27. The number of aromatic nitrogens is 3. The van der Waals surface area contributed by atoms with Crippen LogP contribution in [0.5, 0.6) is 11.5 Å². The molecule has 1 aliphatic rings. The fourth-order valence-corrected chi connectivity index (χ4v) is 4.04. The van der Waals surface area contributed by atoms with Crippen molar-refractivity contribution >= 4 is 17.7 Å². The van der Waals surface area contributed by atoms with Crippen LogP contribution in [0.15, 0.2) is 66.3 Å². The monoisotopic (exact) mass is 436 g/mol. The smallest absolute Gasteiger partial charge is 0.230 e. The number of hydrogen-bond donors (Lipinski definition) is 1. The van der Waals surface area contributed by atoms with E-state index in [9.17, 15) is 4.79 Å². The molecule has 0 spiro atoms. The number of benzene rings is 2. The molecule has 0 atom stereocenters. The highest BCUT2D eigenvalue weighted by Gasteiger charge is 2.15. The third-order valence-electron chi connectivity index (χ3n) is 4.74. The number of nitrogens with one attached hydrogen (secondary N) is 1. The molecule has 0 saturated heterocycles. The van der Waals surface area contributed by atoms with Gasteiger partial charge in [-0.05, 0) is 24.1 Å². The molecule has 4 rings (SSSR count). The van der Waals surface area contributed by atoms with E-state index in [2.05, 4.69) is 22.1 Å². The third-order valence-corrected chi connectivity index (χ3v) is 5.70. The molecule has 160 valence electrons. The summed E-state index contributed by atoms with van der Waals surface area (Å²) in [5.41, 5.74) is 2.07. The Labute approximate surface area is 185 Å². The Morgan fingerprint density at radius 3 is 2.74 bits per heavy atom. The molecule has 8 heteroatoms. The number of nitrogens with zero attached hydrogens (tertiary/aromatic N) is 3. The van der Waals surface area contributed by atoms with Crippen LogP contribution in [0.3, 0.4) is 0 Å². The quantitative estimate of drug-likeness (QED) is 0.409. The number of amides is 1. The van der Waals surface area contributed by atoms with Crippen molar-refractivity contribution < 1.29 is 14.3 Å². The molecular formula is C23H24N4O3S. The zero-order valence-corrected chi connectivity index (χ0v) is 17.9. The van der Waals surface area contributed by atoms with Crippen LogP contribution in [0.4, 0.5) is 0 Å². The summed E-state index contributed by atoms with van der Waals surface area (Å²) in [6, 6.07) is 15.7. The molecule has 31 heavy (non-hydrogen) atoms. The highest BCUT2D eigenvalue weighted by atomic mass is 32.2. The first-order chi connectivity index (χ1) is 15.2. The number of rotatable bonds is 9. The van der Waals surface area contributed by atoms with Gasteiger partial charge in [0.1, 0.15) is 13.2 Å². The van der Waals surface area contributed by atoms with E-state index in [-0.39, 0.29) is 11.7 Å². The predicted molar refractivity (Wildman–Crippen MR) is 121 cm³/mol. The summed E-state index contributed by atoms with van der Waals surface area (Å²) in [4.78, 5) is 12.3. The second-order valence-corrected chi connectivity index (χ2v) is 7.88. The molecule has 2 heterocycles. The minimum atomic E-state index is -0.0445. The van der Waals surface area contributed by atoms with Crippen molar-refractivity contribution in [1.29, 1.82) is 0 Å². The van der Waals surface area contributed by atoms with E-state index in [1.807, 2.05) is 53.1 Å². The SMILES string of the molecule is C=CCn1c(SCC(=O)NCCc2ccc3c(c2)OCCO3)nnc1-c1ccccc1. The number of ether oxygens (including phenoxy) is 2. The molecule has 1 aromatic heterocycles. The van der Waals surface area contributed by atoms with Gasteiger partial charge in [-0.1, -0.05) is 54.2 Å². The number of thioether (sulfide) groups is 1. The zero-order valence-electron chi connectivity index (χ0n) is 17.1. The average Bonchev–Trinajstić information content (AvgIpc) is 3.21. The standard InChI is InChI=1S/C23H24N4O3S/c1-2-12-27-22(18-6-4-3-5-7-18)25-26-23(27)31-16-21(28)24-11-10-17-8-9-19-20(15-17)30-14-13-29-19/h2-9,15H,1,10-14,16H2,(H,24,28). The first kappa shape index (κ1) is 21.0. The van der Waals surface area contributed by atoms with Crippen molar-refractivity contribution in [1.82, 2.24) is 20.1 Å².